The molecule has 168 valence electrons. The van der Waals surface area contributed by atoms with Crippen LogP contribution in [0, 0.1) is 0 Å². The molecule has 0 saturated carbocycles. The predicted octanol–water partition coefficient (Wildman–Crippen LogP) is 3.68. The van der Waals surface area contributed by atoms with Gasteiger partial charge in [0.25, 0.3) is 11.8 Å². The topological polar surface area (TPSA) is 111 Å². The van der Waals surface area contributed by atoms with Crippen LogP contribution in [0.1, 0.15) is 15.9 Å². The highest BCUT2D eigenvalue weighted by atomic mass is 32.2. The lowest BCUT2D eigenvalue weighted by atomic mass is 10.1. The van der Waals surface area contributed by atoms with E-state index in [4.69, 9.17) is 10.5 Å². The lowest BCUT2D eigenvalue weighted by molar-refractivity contribution is -0.115. The Bertz CT molecular complexity index is 1160. The van der Waals surface area contributed by atoms with Crippen LogP contribution in [0.5, 0.6) is 5.75 Å². The third-order valence-electron chi connectivity index (χ3n) is 4.43. The summed E-state index contributed by atoms with van der Waals surface area (Å²) in [5, 5.41) is 5.49. The molecule has 0 heterocycles. The summed E-state index contributed by atoms with van der Waals surface area (Å²) in [6.45, 7) is 0. The Morgan fingerprint density at radius 2 is 1.70 bits per heavy atom. The first-order valence-corrected chi connectivity index (χ1v) is 11.0. The standard InChI is InChI=1S/C25H23N3O4S/c1-32-20-12-10-17(11-13-20)14-22(28-24(30)18-6-3-2-4-7-18)25(31)27-19-8-5-9-21(15-19)33-16-23(26)29/h2-15H,16H2,1H3,(H2,26,29)(H,27,31)(H,28,30)/b22-14+. The number of ether oxygens (including phenoxy) is 1. The summed E-state index contributed by atoms with van der Waals surface area (Å²) in [5.74, 6) is -0.518. The van der Waals surface area contributed by atoms with Crippen molar-refractivity contribution in [3.05, 3.63) is 95.7 Å². The molecule has 0 aliphatic heterocycles. The first kappa shape index (κ1) is 23.6. The SMILES string of the molecule is COc1ccc(/C=C(/NC(=O)c2ccccc2)C(=O)Nc2cccc(SCC(N)=O)c2)cc1. The fourth-order valence-corrected chi connectivity index (χ4v) is 3.52. The highest BCUT2D eigenvalue weighted by Gasteiger charge is 2.15. The van der Waals surface area contributed by atoms with Gasteiger partial charge in [0, 0.05) is 16.1 Å². The average molecular weight is 462 g/mol. The Balaban J connectivity index is 1.84. The van der Waals surface area contributed by atoms with E-state index in [0.717, 1.165) is 4.90 Å². The van der Waals surface area contributed by atoms with Crippen molar-refractivity contribution < 1.29 is 19.1 Å². The third kappa shape index (κ3) is 7.26. The molecule has 3 rings (SSSR count). The van der Waals surface area contributed by atoms with Gasteiger partial charge in [-0.3, -0.25) is 14.4 Å². The Morgan fingerprint density at radius 3 is 2.36 bits per heavy atom. The van der Waals surface area contributed by atoms with E-state index in [9.17, 15) is 14.4 Å². The highest BCUT2D eigenvalue weighted by Crippen LogP contribution is 2.22. The zero-order valence-electron chi connectivity index (χ0n) is 17.9. The van der Waals surface area contributed by atoms with Crippen molar-refractivity contribution in [2.24, 2.45) is 5.73 Å². The van der Waals surface area contributed by atoms with Gasteiger partial charge < -0.3 is 21.1 Å². The molecule has 3 aromatic carbocycles. The molecule has 0 aliphatic rings. The number of primary amides is 1. The lowest BCUT2D eigenvalue weighted by Crippen LogP contribution is -2.30. The van der Waals surface area contributed by atoms with Crippen molar-refractivity contribution in [3.8, 4) is 5.75 Å². The minimum atomic E-state index is -0.493. The first-order chi connectivity index (χ1) is 15.9. The maximum Gasteiger partial charge on any atom is 0.272 e. The number of nitrogens with two attached hydrogens (primary N) is 1. The fraction of sp³-hybridized carbons (Fsp3) is 0.0800. The zero-order valence-corrected chi connectivity index (χ0v) is 18.7. The molecule has 0 saturated heterocycles. The van der Waals surface area contributed by atoms with E-state index >= 15 is 0 Å². The van der Waals surface area contributed by atoms with Crippen LogP contribution in [0.3, 0.4) is 0 Å². The molecule has 0 radical (unpaired) electrons. The van der Waals surface area contributed by atoms with Crippen molar-refractivity contribution in [3.63, 3.8) is 0 Å². The second-order valence-electron chi connectivity index (χ2n) is 6.89. The van der Waals surface area contributed by atoms with Crippen LogP contribution in [0.4, 0.5) is 5.69 Å². The molecule has 0 bridgehead atoms. The number of methoxy groups -OCH3 is 1. The van der Waals surface area contributed by atoms with Crippen LogP contribution in [0.15, 0.2) is 89.5 Å². The summed E-state index contributed by atoms with van der Waals surface area (Å²) in [6.07, 6.45) is 1.58. The molecule has 0 atom stereocenters. The molecular formula is C25H23N3O4S. The molecule has 7 nitrogen and oxygen atoms in total. The smallest absolute Gasteiger partial charge is 0.272 e. The van der Waals surface area contributed by atoms with Crippen molar-refractivity contribution in [2.45, 2.75) is 4.90 Å². The summed E-state index contributed by atoms with van der Waals surface area (Å²) < 4.78 is 5.17. The molecule has 0 fully saturated rings. The Labute approximate surface area is 196 Å². The van der Waals surface area contributed by atoms with Gasteiger partial charge in [0.05, 0.1) is 12.9 Å². The molecule has 4 N–H and O–H groups in total. The van der Waals surface area contributed by atoms with E-state index in [1.165, 1.54) is 11.8 Å². The maximum atomic E-state index is 13.1. The highest BCUT2D eigenvalue weighted by molar-refractivity contribution is 8.00. The second kappa shape index (κ2) is 11.5. The molecular weight excluding hydrogens is 438 g/mol. The van der Waals surface area contributed by atoms with E-state index in [1.54, 1.807) is 86.0 Å². The number of hydrogen-bond acceptors (Lipinski definition) is 5. The summed E-state index contributed by atoms with van der Waals surface area (Å²) in [6, 6.07) is 22.7. The quantitative estimate of drug-likeness (QED) is 0.333. The minimum absolute atomic E-state index is 0.0733. The number of thioether (sulfide) groups is 1. The van der Waals surface area contributed by atoms with Crippen molar-refractivity contribution in [2.75, 3.05) is 18.2 Å². The molecule has 0 aromatic heterocycles. The van der Waals surface area contributed by atoms with Crippen molar-refractivity contribution in [1.82, 2.24) is 5.32 Å². The van der Waals surface area contributed by atoms with E-state index < -0.39 is 17.7 Å². The van der Waals surface area contributed by atoms with E-state index in [2.05, 4.69) is 10.6 Å². The van der Waals surface area contributed by atoms with Gasteiger partial charge in [-0.05, 0) is 54.1 Å². The molecule has 33 heavy (non-hydrogen) atoms. The number of anilines is 1. The van der Waals surface area contributed by atoms with Crippen LogP contribution >= 0.6 is 11.8 Å². The van der Waals surface area contributed by atoms with Gasteiger partial charge in [-0.25, -0.2) is 0 Å². The monoisotopic (exact) mass is 461 g/mol. The van der Waals surface area contributed by atoms with Crippen molar-refractivity contribution >= 4 is 41.2 Å². The second-order valence-corrected chi connectivity index (χ2v) is 7.94. The van der Waals surface area contributed by atoms with Crippen LogP contribution in [-0.2, 0) is 9.59 Å². The summed E-state index contributed by atoms with van der Waals surface area (Å²) in [7, 11) is 1.57. The van der Waals surface area contributed by atoms with Gasteiger partial charge in [-0.1, -0.05) is 36.4 Å². The summed E-state index contributed by atoms with van der Waals surface area (Å²) in [5.41, 5.74) is 6.93. The van der Waals surface area contributed by atoms with Crippen LogP contribution in [-0.4, -0.2) is 30.6 Å². The van der Waals surface area contributed by atoms with Gasteiger partial charge in [0.1, 0.15) is 11.4 Å². The average Bonchev–Trinajstić information content (AvgIpc) is 2.83. The molecule has 3 aromatic rings. The van der Waals surface area contributed by atoms with Gasteiger partial charge in [0.2, 0.25) is 5.91 Å². The Kier molecular flexibility index (Phi) is 8.26. The number of amides is 3. The van der Waals surface area contributed by atoms with Crippen LogP contribution < -0.4 is 21.1 Å². The van der Waals surface area contributed by atoms with Gasteiger partial charge in [-0.2, -0.15) is 0 Å². The zero-order chi connectivity index (χ0) is 23.6. The number of nitrogens with one attached hydrogen (secondary N) is 2. The number of rotatable bonds is 9. The molecule has 8 heteroatoms. The largest absolute Gasteiger partial charge is 0.497 e. The van der Waals surface area contributed by atoms with E-state index in [-0.39, 0.29) is 11.4 Å². The molecule has 3 amide bonds. The van der Waals surface area contributed by atoms with Gasteiger partial charge >= 0.3 is 0 Å². The normalized spacial score (nSPS) is 10.9. The van der Waals surface area contributed by atoms with E-state index in [0.29, 0.717) is 22.6 Å². The molecule has 0 unspecified atom stereocenters. The van der Waals surface area contributed by atoms with Crippen molar-refractivity contribution in [1.29, 1.82) is 0 Å². The first-order valence-electron chi connectivity index (χ1n) is 9.99. The van der Waals surface area contributed by atoms with Gasteiger partial charge in [0.15, 0.2) is 0 Å². The minimum Gasteiger partial charge on any atom is -0.497 e. The Hall–Kier alpha value is -4.04. The van der Waals surface area contributed by atoms with Crippen LogP contribution in [0.25, 0.3) is 6.08 Å². The number of hydrogen-bond donors (Lipinski definition) is 3. The lowest BCUT2D eigenvalue weighted by Gasteiger charge is -2.12. The summed E-state index contributed by atoms with van der Waals surface area (Å²) in [4.78, 5) is 37.6. The van der Waals surface area contributed by atoms with Crippen LogP contribution in [0.2, 0.25) is 0 Å². The fourth-order valence-electron chi connectivity index (χ4n) is 2.83. The number of carbonyl (C=O) groups is 3. The Morgan fingerprint density at radius 1 is 0.970 bits per heavy atom. The third-order valence-corrected chi connectivity index (χ3v) is 5.44. The maximum absolute atomic E-state index is 13.1. The molecule has 0 aliphatic carbocycles. The van der Waals surface area contributed by atoms with Gasteiger partial charge in [-0.15, -0.1) is 11.8 Å². The molecule has 0 spiro atoms. The van der Waals surface area contributed by atoms with E-state index in [1.807, 2.05) is 6.07 Å². The predicted molar refractivity (Wildman–Crippen MR) is 130 cm³/mol. The number of carbonyl (C=O) groups excluding carboxylic acids is 3. The summed E-state index contributed by atoms with van der Waals surface area (Å²) >= 11 is 1.27. The number of benzene rings is 3.